The Morgan fingerprint density at radius 1 is 1.47 bits per heavy atom. The summed E-state index contributed by atoms with van der Waals surface area (Å²) in [6.45, 7) is 4.30. The summed E-state index contributed by atoms with van der Waals surface area (Å²) in [5, 5.41) is 9.17. The fourth-order valence-corrected chi connectivity index (χ4v) is 2.25. The Kier molecular flexibility index (Phi) is 2.96. The second kappa shape index (κ2) is 4.15. The predicted molar refractivity (Wildman–Crippen MR) is 67.2 cm³/mol. The van der Waals surface area contributed by atoms with Gasteiger partial charge in [0.2, 0.25) is 0 Å². The van der Waals surface area contributed by atoms with Crippen LogP contribution in [0.2, 0.25) is 0 Å². The topological polar surface area (TPSA) is 40.5 Å². The van der Waals surface area contributed by atoms with E-state index in [1.165, 1.54) is 11.1 Å². The molecule has 92 valence electrons. The molecule has 3 heteroatoms. The zero-order valence-electron chi connectivity index (χ0n) is 10.6. The molecule has 0 heterocycles. The zero-order valence-corrected chi connectivity index (χ0v) is 10.6. The summed E-state index contributed by atoms with van der Waals surface area (Å²) < 4.78 is 0. The molecule has 0 radical (unpaired) electrons. The van der Waals surface area contributed by atoms with E-state index in [0.29, 0.717) is 5.92 Å². The highest BCUT2D eigenvalue weighted by molar-refractivity contribution is 5.77. The SMILES string of the molecule is CN(CC1Cc2ccccc21)C(C)(C)C(=O)O. The van der Waals surface area contributed by atoms with Gasteiger partial charge in [0.05, 0.1) is 0 Å². The molecule has 0 bridgehead atoms. The standard InChI is InChI=1S/C14H19NO2/c1-14(2,13(16)17)15(3)9-11-8-10-6-4-5-7-12(10)11/h4-7,11H,8-9H2,1-3H3,(H,16,17). The van der Waals surface area contributed by atoms with Crippen LogP contribution >= 0.6 is 0 Å². The molecule has 0 saturated carbocycles. The minimum atomic E-state index is -0.801. The molecule has 1 aliphatic carbocycles. The molecule has 0 spiro atoms. The van der Waals surface area contributed by atoms with E-state index in [2.05, 4.69) is 18.2 Å². The average molecular weight is 233 g/mol. The molecule has 0 aromatic heterocycles. The molecule has 0 fully saturated rings. The second-order valence-electron chi connectivity index (χ2n) is 5.34. The maximum Gasteiger partial charge on any atom is 0.323 e. The van der Waals surface area contributed by atoms with E-state index in [4.69, 9.17) is 5.11 Å². The van der Waals surface area contributed by atoms with E-state index in [9.17, 15) is 4.79 Å². The number of aliphatic carboxylic acids is 1. The van der Waals surface area contributed by atoms with Crippen LogP contribution in [0.1, 0.15) is 30.9 Å². The van der Waals surface area contributed by atoms with Crippen molar-refractivity contribution < 1.29 is 9.90 Å². The molecule has 0 saturated heterocycles. The number of fused-ring (bicyclic) bond motifs is 1. The number of benzene rings is 1. The van der Waals surface area contributed by atoms with Crippen LogP contribution in [0.5, 0.6) is 0 Å². The summed E-state index contributed by atoms with van der Waals surface area (Å²) in [4.78, 5) is 13.1. The van der Waals surface area contributed by atoms with Crippen molar-refractivity contribution in [3.63, 3.8) is 0 Å². The van der Waals surface area contributed by atoms with Gasteiger partial charge in [-0.25, -0.2) is 0 Å². The fraction of sp³-hybridized carbons (Fsp3) is 0.500. The van der Waals surface area contributed by atoms with Gasteiger partial charge in [0.25, 0.3) is 0 Å². The highest BCUT2D eigenvalue weighted by Crippen LogP contribution is 2.36. The van der Waals surface area contributed by atoms with Crippen molar-refractivity contribution in [1.82, 2.24) is 4.90 Å². The predicted octanol–water partition coefficient (Wildman–Crippen LogP) is 2.12. The van der Waals surface area contributed by atoms with Crippen molar-refractivity contribution in [3.8, 4) is 0 Å². The van der Waals surface area contributed by atoms with Gasteiger partial charge in [0.1, 0.15) is 5.54 Å². The largest absolute Gasteiger partial charge is 0.480 e. The molecular formula is C14H19NO2. The molecule has 1 N–H and O–H groups in total. The second-order valence-corrected chi connectivity index (χ2v) is 5.34. The molecule has 0 amide bonds. The molecule has 1 unspecified atom stereocenters. The number of carbonyl (C=O) groups is 1. The maximum atomic E-state index is 11.2. The van der Waals surface area contributed by atoms with Gasteiger partial charge < -0.3 is 5.11 Å². The van der Waals surface area contributed by atoms with Crippen molar-refractivity contribution in [1.29, 1.82) is 0 Å². The Morgan fingerprint density at radius 2 is 2.12 bits per heavy atom. The highest BCUT2D eigenvalue weighted by atomic mass is 16.4. The first-order chi connectivity index (χ1) is 7.93. The first kappa shape index (κ1) is 12.1. The van der Waals surface area contributed by atoms with Crippen LogP contribution in [0.15, 0.2) is 24.3 Å². The summed E-state index contributed by atoms with van der Waals surface area (Å²) in [6, 6.07) is 8.40. The lowest BCUT2D eigenvalue weighted by atomic mass is 9.77. The van der Waals surface area contributed by atoms with Gasteiger partial charge >= 0.3 is 5.97 Å². The number of hydrogen-bond donors (Lipinski definition) is 1. The van der Waals surface area contributed by atoms with E-state index < -0.39 is 11.5 Å². The summed E-state index contributed by atoms with van der Waals surface area (Å²) in [5.74, 6) is -0.289. The molecule has 3 nitrogen and oxygen atoms in total. The molecule has 0 aliphatic heterocycles. The first-order valence-electron chi connectivity index (χ1n) is 5.95. The lowest BCUT2D eigenvalue weighted by molar-refractivity contribution is -0.148. The average Bonchev–Trinajstić information content (AvgIpc) is 2.25. The Bertz CT molecular complexity index is 440. The Morgan fingerprint density at radius 3 is 2.71 bits per heavy atom. The zero-order chi connectivity index (χ0) is 12.6. The van der Waals surface area contributed by atoms with Crippen molar-refractivity contribution in [2.24, 2.45) is 0 Å². The van der Waals surface area contributed by atoms with Gasteiger partial charge in [-0.15, -0.1) is 0 Å². The van der Waals surface area contributed by atoms with Crippen LogP contribution in [-0.4, -0.2) is 35.1 Å². The van der Waals surface area contributed by atoms with Crippen LogP contribution in [0.25, 0.3) is 0 Å². The Balaban J connectivity index is 2.03. The van der Waals surface area contributed by atoms with E-state index in [1.54, 1.807) is 13.8 Å². The number of nitrogens with zero attached hydrogens (tertiary/aromatic N) is 1. The number of rotatable bonds is 4. The monoisotopic (exact) mass is 233 g/mol. The molecular weight excluding hydrogens is 214 g/mol. The lowest BCUT2D eigenvalue weighted by Gasteiger charge is -2.38. The number of carboxylic acids is 1. The van der Waals surface area contributed by atoms with Crippen LogP contribution in [-0.2, 0) is 11.2 Å². The van der Waals surface area contributed by atoms with E-state index in [-0.39, 0.29) is 0 Å². The van der Waals surface area contributed by atoms with Crippen LogP contribution < -0.4 is 0 Å². The number of hydrogen-bond acceptors (Lipinski definition) is 2. The van der Waals surface area contributed by atoms with Gasteiger partial charge in [-0.05, 0) is 38.4 Å². The molecule has 1 aromatic carbocycles. The summed E-state index contributed by atoms with van der Waals surface area (Å²) >= 11 is 0. The van der Waals surface area contributed by atoms with E-state index >= 15 is 0 Å². The molecule has 17 heavy (non-hydrogen) atoms. The fourth-order valence-electron chi connectivity index (χ4n) is 2.25. The molecule has 2 rings (SSSR count). The lowest BCUT2D eigenvalue weighted by Crippen LogP contribution is -2.50. The van der Waals surface area contributed by atoms with Crippen molar-refractivity contribution in [2.45, 2.75) is 31.7 Å². The maximum absolute atomic E-state index is 11.2. The summed E-state index contributed by atoms with van der Waals surface area (Å²) in [6.07, 6.45) is 1.07. The third-order valence-corrected chi connectivity index (χ3v) is 3.93. The van der Waals surface area contributed by atoms with Gasteiger partial charge in [-0.1, -0.05) is 24.3 Å². The quantitative estimate of drug-likeness (QED) is 0.866. The van der Waals surface area contributed by atoms with Crippen molar-refractivity contribution >= 4 is 5.97 Å². The third-order valence-electron chi connectivity index (χ3n) is 3.93. The minimum absolute atomic E-state index is 0.481. The molecule has 1 atom stereocenters. The minimum Gasteiger partial charge on any atom is -0.480 e. The Hall–Kier alpha value is -1.35. The van der Waals surface area contributed by atoms with Crippen LogP contribution in [0.3, 0.4) is 0 Å². The number of likely N-dealkylation sites (N-methyl/N-ethyl adjacent to an activating group) is 1. The molecule has 1 aromatic rings. The highest BCUT2D eigenvalue weighted by Gasteiger charge is 2.35. The van der Waals surface area contributed by atoms with Gasteiger partial charge in [-0.2, -0.15) is 0 Å². The molecule has 1 aliphatic rings. The summed E-state index contributed by atoms with van der Waals surface area (Å²) in [5.41, 5.74) is 1.98. The van der Waals surface area contributed by atoms with Crippen molar-refractivity contribution in [3.05, 3.63) is 35.4 Å². The first-order valence-corrected chi connectivity index (χ1v) is 5.95. The Labute approximate surface area is 102 Å². The van der Waals surface area contributed by atoms with Gasteiger partial charge in [-0.3, -0.25) is 9.69 Å². The normalized spacial score (nSPS) is 18.7. The number of carboxylic acid groups (broad SMARTS) is 1. The van der Waals surface area contributed by atoms with Crippen LogP contribution in [0, 0.1) is 0 Å². The smallest absolute Gasteiger partial charge is 0.323 e. The van der Waals surface area contributed by atoms with E-state index in [0.717, 1.165) is 13.0 Å². The van der Waals surface area contributed by atoms with Crippen LogP contribution in [0.4, 0.5) is 0 Å². The van der Waals surface area contributed by atoms with Gasteiger partial charge in [0.15, 0.2) is 0 Å². The summed E-state index contributed by atoms with van der Waals surface area (Å²) in [7, 11) is 1.88. The van der Waals surface area contributed by atoms with E-state index in [1.807, 2.05) is 18.0 Å². The van der Waals surface area contributed by atoms with Crippen molar-refractivity contribution in [2.75, 3.05) is 13.6 Å². The van der Waals surface area contributed by atoms with Gasteiger partial charge in [0, 0.05) is 12.5 Å². The third kappa shape index (κ3) is 2.07.